The van der Waals surface area contributed by atoms with E-state index in [2.05, 4.69) is 27.5 Å². The van der Waals surface area contributed by atoms with Gasteiger partial charge in [-0.2, -0.15) is 0 Å². The molecule has 0 aliphatic heterocycles. The molecule has 0 radical (unpaired) electrons. The van der Waals surface area contributed by atoms with Crippen molar-refractivity contribution in [2.75, 3.05) is 11.9 Å². The number of hydrogen-bond donors (Lipinski definition) is 3. The molecule has 0 fully saturated rings. The highest BCUT2D eigenvalue weighted by Crippen LogP contribution is 1.94. The van der Waals surface area contributed by atoms with Crippen LogP contribution >= 0.6 is 12.2 Å². The maximum atomic E-state index is 5.03. The van der Waals surface area contributed by atoms with Gasteiger partial charge in [0.2, 0.25) is 5.95 Å². The molecule has 1 aromatic heterocycles. The summed E-state index contributed by atoms with van der Waals surface area (Å²) < 4.78 is 0. The predicted octanol–water partition coefficient (Wildman–Crippen LogP) is 1.50. The third-order valence-electron chi connectivity index (χ3n) is 1.55. The van der Waals surface area contributed by atoms with E-state index in [0.717, 1.165) is 19.4 Å². The molecule has 4 nitrogen and oxygen atoms in total. The van der Waals surface area contributed by atoms with Crippen molar-refractivity contribution in [1.29, 1.82) is 0 Å². The summed E-state index contributed by atoms with van der Waals surface area (Å²) in [4.78, 5) is 6.90. The van der Waals surface area contributed by atoms with E-state index in [-0.39, 0.29) is 0 Å². The number of nitrogens with one attached hydrogen (secondary N) is 3. The van der Waals surface area contributed by atoms with Crippen molar-refractivity contribution in [3.8, 4) is 0 Å². The molecule has 1 aromatic rings. The van der Waals surface area contributed by atoms with Gasteiger partial charge in [-0.25, -0.2) is 4.98 Å². The van der Waals surface area contributed by atoms with E-state index < -0.39 is 0 Å². The molecular weight excluding hydrogens is 184 g/mol. The van der Waals surface area contributed by atoms with Gasteiger partial charge in [-0.3, -0.25) is 0 Å². The van der Waals surface area contributed by atoms with Gasteiger partial charge in [0.25, 0.3) is 0 Å². The maximum absolute atomic E-state index is 5.03. The first-order valence-corrected chi connectivity index (χ1v) is 4.78. The minimum atomic E-state index is 0.614. The first-order chi connectivity index (χ1) is 6.33. The number of hydrogen-bond acceptors (Lipinski definition) is 2. The highest BCUT2D eigenvalue weighted by molar-refractivity contribution is 7.80. The fourth-order valence-electron chi connectivity index (χ4n) is 0.864. The highest BCUT2D eigenvalue weighted by Gasteiger charge is 1.96. The van der Waals surface area contributed by atoms with Gasteiger partial charge in [-0.1, -0.05) is 13.3 Å². The van der Waals surface area contributed by atoms with Crippen LogP contribution in [0.25, 0.3) is 0 Å². The van der Waals surface area contributed by atoms with Crippen molar-refractivity contribution in [3.05, 3.63) is 12.4 Å². The molecule has 0 atom stereocenters. The summed E-state index contributed by atoms with van der Waals surface area (Å²) in [6, 6.07) is 0. The van der Waals surface area contributed by atoms with E-state index in [1.807, 2.05) is 0 Å². The SMILES string of the molecule is CCCCNC(=S)Nc1ncc[nH]1. The monoisotopic (exact) mass is 198 g/mol. The van der Waals surface area contributed by atoms with Crippen molar-refractivity contribution in [1.82, 2.24) is 15.3 Å². The van der Waals surface area contributed by atoms with Crippen LogP contribution in [0, 0.1) is 0 Å². The fraction of sp³-hybridized carbons (Fsp3) is 0.500. The van der Waals surface area contributed by atoms with E-state index >= 15 is 0 Å². The molecule has 3 N–H and O–H groups in total. The van der Waals surface area contributed by atoms with Crippen molar-refractivity contribution < 1.29 is 0 Å². The van der Waals surface area contributed by atoms with Crippen LogP contribution in [-0.4, -0.2) is 21.6 Å². The molecule has 0 aromatic carbocycles. The second-order valence-electron chi connectivity index (χ2n) is 2.67. The lowest BCUT2D eigenvalue weighted by Crippen LogP contribution is -2.29. The van der Waals surface area contributed by atoms with Crippen molar-refractivity contribution >= 4 is 23.3 Å². The number of aromatic nitrogens is 2. The van der Waals surface area contributed by atoms with Crippen LogP contribution in [0.3, 0.4) is 0 Å². The number of thiocarbonyl (C=S) groups is 1. The highest BCUT2D eigenvalue weighted by atomic mass is 32.1. The lowest BCUT2D eigenvalue weighted by Gasteiger charge is -2.06. The summed E-state index contributed by atoms with van der Waals surface area (Å²) in [5.74, 6) is 0.675. The van der Waals surface area contributed by atoms with Crippen LogP contribution < -0.4 is 10.6 Å². The van der Waals surface area contributed by atoms with Crippen LogP contribution in [0.5, 0.6) is 0 Å². The molecule has 1 rings (SSSR count). The molecule has 0 bridgehead atoms. The smallest absolute Gasteiger partial charge is 0.206 e. The van der Waals surface area contributed by atoms with Gasteiger partial charge in [0, 0.05) is 18.9 Å². The molecule has 0 saturated heterocycles. The van der Waals surface area contributed by atoms with Crippen molar-refractivity contribution in [2.24, 2.45) is 0 Å². The van der Waals surface area contributed by atoms with E-state index in [4.69, 9.17) is 12.2 Å². The maximum Gasteiger partial charge on any atom is 0.206 e. The first-order valence-electron chi connectivity index (χ1n) is 4.37. The topological polar surface area (TPSA) is 52.7 Å². The Morgan fingerprint density at radius 2 is 2.54 bits per heavy atom. The van der Waals surface area contributed by atoms with E-state index in [1.165, 1.54) is 0 Å². The first kappa shape index (κ1) is 9.98. The lowest BCUT2D eigenvalue weighted by molar-refractivity contribution is 0.758. The number of H-pyrrole nitrogens is 1. The zero-order valence-corrected chi connectivity index (χ0v) is 8.45. The Labute approximate surface area is 83.1 Å². The van der Waals surface area contributed by atoms with E-state index in [1.54, 1.807) is 12.4 Å². The molecule has 0 unspecified atom stereocenters. The average molecular weight is 198 g/mol. The van der Waals surface area contributed by atoms with Crippen LogP contribution in [0.1, 0.15) is 19.8 Å². The Kier molecular flexibility index (Phi) is 4.25. The third kappa shape index (κ3) is 3.89. The van der Waals surface area contributed by atoms with E-state index in [9.17, 15) is 0 Å². The molecule has 5 heteroatoms. The number of aromatic amines is 1. The summed E-state index contributed by atoms with van der Waals surface area (Å²) in [7, 11) is 0. The van der Waals surface area contributed by atoms with Crippen LogP contribution in [0.15, 0.2) is 12.4 Å². The Bertz CT molecular complexity index is 245. The van der Waals surface area contributed by atoms with Gasteiger partial charge < -0.3 is 15.6 Å². The Hall–Kier alpha value is -1.10. The molecule has 0 aliphatic carbocycles. The van der Waals surface area contributed by atoms with Gasteiger partial charge in [-0.15, -0.1) is 0 Å². The van der Waals surface area contributed by atoms with Crippen LogP contribution in [0.4, 0.5) is 5.95 Å². The van der Waals surface area contributed by atoms with Crippen molar-refractivity contribution in [3.63, 3.8) is 0 Å². The average Bonchev–Trinajstić information content (AvgIpc) is 2.57. The molecule has 0 saturated carbocycles. The second kappa shape index (κ2) is 5.53. The number of rotatable bonds is 4. The second-order valence-corrected chi connectivity index (χ2v) is 3.08. The summed E-state index contributed by atoms with van der Waals surface area (Å²) in [5.41, 5.74) is 0. The molecule has 72 valence electrons. The molecule has 0 aliphatic rings. The zero-order valence-electron chi connectivity index (χ0n) is 7.63. The van der Waals surface area contributed by atoms with Gasteiger partial charge in [0.05, 0.1) is 0 Å². The van der Waals surface area contributed by atoms with Gasteiger partial charge >= 0.3 is 0 Å². The molecule has 0 spiro atoms. The summed E-state index contributed by atoms with van der Waals surface area (Å²) in [5, 5.41) is 6.63. The Morgan fingerprint density at radius 1 is 1.69 bits per heavy atom. The molecular formula is C8H14N4S. The molecule has 1 heterocycles. The third-order valence-corrected chi connectivity index (χ3v) is 1.79. The van der Waals surface area contributed by atoms with Crippen LogP contribution in [0.2, 0.25) is 0 Å². The quantitative estimate of drug-likeness (QED) is 0.507. The fourth-order valence-corrected chi connectivity index (χ4v) is 1.06. The van der Waals surface area contributed by atoms with Crippen LogP contribution in [-0.2, 0) is 0 Å². The predicted molar refractivity (Wildman–Crippen MR) is 57.7 cm³/mol. The number of nitrogens with zero attached hydrogens (tertiary/aromatic N) is 1. The largest absolute Gasteiger partial charge is 0.362 e. The summed E-state index contributed by atoms with van der Waals surface area (Å²) in [6.07, 6.45) is 5.71. The normalized spacial score (nSPS) is 9.62. The number of unbranched alkanes of at least 4 members (excludes halogenated alkanes) is 1. The number of imidazole rings is 1. The molecule has 0 amide bonds. The number of anilines is 1. The minimum absolute atomic E-state index is 0.614. The zero-order chi connectivity index (χ0) is 9.52. The Morgan fingerprint density at radius 3 is 3.15 bits per heavy atom. The van der Waals surface area contributed by atoms with Crippen molar-refractivity contribution in [2.45, 2.75) is 19.8 Å². The van der Waals surface area contributed by atoms with Gasteiger partial charge in [0.15, 0.2) is 5.11 Å². The summed E-state index contributed by atoms with van der Waals surface area (Å²) in [6.45, 7) is 3.05. The van der Waals surface area contributed by atoms with Gasteiger partial charge in [0.1, 0.15) is 0 Å². The standard InChI is InChI=1S/C8H14N4S/c1-2-3-4-11-8(13)12-7-9-5-6-10-7/h5-6H,2-4H2,1H3,(H3,9,10,11,12,13). The van der Waals surface area contributed by atoms with E-state index in [0.29, 0.717) is 11.1 Å². The van der Waals surface area contributed by atoms with Gasteiger partial charge in [-0.05, 0) is 18.6 Å². The molecule has 13 heavy (non-hydrogen) atoms. The Balaban J connectivity index is 2.18. The lowest BCUT2D eigenvalue weighted by atomic mass is 10.3. The minimum Gasteiger partial charge on any atom is -0.362 e. The summed E-state index contributed by atoms with van der Waals surface area (Å²) >= 11 is 5.03.